The Labute approximate surface area is 228 Å². The first-order valence-electron chi connectivity index (χ1n) is 11.1. The number of amides is 1. The third kappa shape index (κ3) is 5.58. The normalized spacial score (nSPS) is 11.7. The van der Waals surface area contributed by atoms with E-state index in [9.17, 15) is 22.9 Å². The number of anilines is 1. The molecule has 0 fully saturated rings. The number of nitrogens with zero attached hydrogens (tertiary/aromatic N) is 2. The van der Waals surface area contributed by atoms with Gasteiger partial charge < -0.3 is 15.2 Å². The van der Waals surface area contributed by atoms with E-state index in [1.165, 1.54) is 19.2 Å². The van der Waals surface area contributed by atoms with Crippen LogP contribution in [0.5, 0.6) is 11.5 Å². The predicted octanol–water partition coefficient (Wildman–Crippen LogP) is 7.34. The SMILES string of the molecule is CCc1cc(S(=O)(=O)O)cc(Cl)c1N=Nc1c(O)c(C(=O)Nc2ccc(OC)cc2Cl)cc2ccccc12. The summed E-state index contributed by atoms with van der Waals surface area (Å²) in [4.78, 5) is 12.8. The number of nitrogens with one attached hydrogen (secondary N) is 1. The monoisotopic (exact) mass is 573 g/mol. The van der Waals surface area contributed by atoms with Crippen molar-refractivity contribution in [3.8, 4) is 11.5 Å². The van der Waals surface area contributed by atoms with E-state index in [-0.39, 0.29) is 31.9 Å². The molecular formula is C26H21Cl2N3O6S. The van der Waals surface area contributed by atoms with E-state index in [1.54, 1.807) is 49.4 Å². The summed E-state index contributed by atoms with van der Waals surface area (Å²) in [6, 6.07) is 15.5. The second-order valence-corrected chi connectivity index (χ2v) is 10.3. The fraction of sp³-hybridized carbons (Fsp3) is 0.115. The Morgan fingerprint density at radius 3 is 2.37 bits per heavy atom. The predicted molar refractivity (Wildman–Crippen MR) is 146 cm³/mol. The Kier molecular flexibility index (Phi) is 7.89. The van der Waals surface area contributed by atoms with Crippen molar-refractivity contribution in [1.82, 2.24) is 0 Å². The van der Waals surface area contributed by atoms with Gasteiger partial charge in [-0.2, -0.15) is 8.42 Å². The number of hydrogen-bond donors (Lipinski definition) is 3. The highest BCUT2D eigenvalue weighted by Gasteiger charge is 2.20. The maximum absolute atomic E-state index is 13.2. The first kappa shape index (κ1) is 27.3. The maximum Gasteiger partial charge on any atom is 0.294 e. The van der Waals surface area contributed by atoms with E-state index >= 15 is 0 Å². The molecule has 9 nitrogen and oxygen atoms in total. The number of carbonyl (C=O) groups is 1. The largest absolute Gasteiger partial charge is 0.505 e. The summed E-state index contributed by atoms with van der Waals surface area (Å²) in [6.45, 7) is 1.75. The third-order valence-corrected chi connectivity index (χ3v) is 7.14. The lowest BCUT2D eigenvalue weighted by Crippen LogP contribution is -2.12. The second-order valence-electron chi connectivity index (χ2n) is 8.08. The lowest BCUT2D eigenvalue weighted by atomic mass is 10.0. The van der Waals surface area contributed by atoms with E-state index in [4.69, 9.17) is 27.9 Å². The molecule has 0 aliphatic carbocycles. The van der Waals surface area contributed by atoms with Gasteiger partial charge in [0.05, 0.1) is 33.3 Å². The number of methoxy groups -OCH3 is 1. The van der Waals surface area contributed by atoms with Crippen molar-refractivity contribution in [2.75, 3.05) is 12.4 Å². The van der Waals surface area contributed by atoms with Crippen molar-refractivity contribution in [3.63, 3.8) is 0 Å². The second kappa shape index (κ2) is 11.0. The van der Waals surface area contributed by atoms with Gasteiger partial charge in [0.1, 0.15) is 17.1 Å². The molecule has 0 saturated heterocycles. The molecular weight excluding hydrogens is 553 g/mol. The third-order valence-electron chi connectivity index (χ3n) is 5.71. The van der Waals surface area contributed by atoms with Crippen LogP contribution < -0.4 is 10.1 Å². The number of halogens is 2. The Balaban J connectivity index is 1.80. The Morgan fingerprint density at radius 2 is 1.71 bits per heavy atom. The molecule has 0 aromatic heterocycles. The minimum absolute atomic E-state index is 0.00561. The zero-order valence-corrected chi connectivity index (χ0v) is 22.4. The van der Waals surface area contributed by atoms with Crippen LogP contribution in [0.1, 0.15) is 22.8 Å². The van der Waals surface area contributed by atoms with Crippen molar-refractivity contribution in [2.24, 2.45) is 10.2 Å². The van der Waals surface area contributed by atoms with Crippen LogP contribution in [0.15, 0.2) is 75.8 Å². The van der Waals surface area contributed by atoms with Gasteiger partial charge in [0.25, 0.3) is 16.0 Å². The summed E-state index contributed by atoms with van der Waals surface area (Å²) in [5.41, 5.74) is 0.802. The van der Waals surface area contributed by atoms with Crippen molar-refractivity contribution in [1.29, 1.82) is 0 Å². The van der Waals surface area contributed by atoms with Crippen molar-refractivity contribution >= 4 is 67.1 Å². The number of rotatable bonds is 7. The van der Waals surface area contributed by atoms with Crippen molar-refractivity contribution < 1.29 is 27.6 Å². The zero-order chi connectivity index (χ0) is 27.6. The van der Waals surface area contributed by atoms with E-state index in [0.717, 1.165) is 6.07 Å². The highest BCUT2D eigenvalue weighted by molar-refractivity contribution is 7.85. The molecule has 4 aromatic rings. The number of ether oxygens (including phenoxy) is 1. The number of azo groups is 1. The highest BCUT2D eigenvalue weighted by Crippen LogP contribution is 2.41. The molecule has 0 unspecified atom stereocenters. The number of phenolic OH excluding ortho intramolecular Hbond substituents is 1. The van der Waals surface area contributed by atoms with Crippen molar-refractivity contribution in [2.45, 2.75) is 18.2 Å². The molecule has 0 aliphatic rings. The number of phenols is 1. The van der Waals surface area contributed by atoms with Gasteiger partial charge in [0.15, 0.2) is 5.75 Å². The van der Waals surface area contributed by atoms with Crippen LogP contribution in [0.25, 0.3) is 10.8 Å². The summed E-state index contributed by atoms with van der Waals surface area (Å²) in [7, 11) is -2.99. The molecule has 0 aliphatic heterocycles. The molecule has 0 heterocycles. The summed E-state index contributed by atoms with van der Waals surface area (Å²) in [5.74, 6) is -0.557. The number of fused-ring (bicyclic) bond motifs is 1. The number of hydrogen-bond acceptors (Lipinski definition) is 7. The van der Waals surface area contributed by atoms with E-state index in [0.29, 0.717) is 34.2 Å². The number of aryl methyl sites for hydroxylation is 1. The molecule has 3 N–H and O–H groups in total. The topological polar surface area (TPSA) is 138 Å². The molecule has 1 amide bonds. The Hall–Kier alpha value is -3.70. The maximum atomic E-state index is 13.2. The van der Waals surface area contributed by atoms with Gasteiger partial charge in [-0.25, -0.2) is 0 Å². The number of carbonyl (C=O) groups excluding carboxylic acids is 1. The van der Waals surface area contributed by atoms with Gasteiger partial charge >= 0.3 is 0 Å². The van der Waals surface area contributed by atoms with Gasteiger partial charge in [-0.3, -0.25) is 9.35 Å². The first-order valence-corrected chi connectivity index (χ1v) is 13.3. The summed E-state index contributed by atoms with van der Waals surface area (Å²) < 4.78 is 37.7. The molecule has 4 aromatic carbocycles. The number of benzene rings is 4. The summed E-state index contributed by atoms with van der Waals surface area (Å²) >= 11 is 12.5. The standard InChI is InChI=1S/C26H21Cl2N3O6S/c1-3-14-10-17(38(34,35)36)13-21(28)23(14)30-31-24-18-7-5-4-6-15(18)11-19(25(24)32)26(33)29-22-9-8-16(37-2)12-20(22)27/h4-13,32H,3H2,1-2H3,(H,29,33)(H,34,35,36). The molecule has 0 spiro atoms. The van der Waals surface area contributed by atoms with Crippen molar-refractivity contribution in [3.05, 3.63) is 81.8 Å². The minimum Gasteiger partial charge on any atom is -0.505 e. The van der Waals surface area contributed by atoms with Gasteiger partial charge in [0.2, 0.25) is 0 Å². The van der Waals surface area contributed by atoms with E-state index in [2.05, 4.69) is 15.5 Å². The van der Waals surface area contributed by atoms with Crippen LogP contribution in [0, 0.1) is 0 Å². The highest BCUT2D eigenvalue weighted by atomic mass is 35.5. The van der Waals surface area contributed by atoms with Gasteiger partial charge in [-0.1, -0.05) is 54.4 Å². The van der Waals surface area contributed by atoms with Gasteiger partial charge in [0, 0.05) is 11.5 Å². The smallest absolute Gasteiger partial charge is 0.294 e. The van der Waals surface area contributed by atoms with Crippen LogP contribution in [0.3, 0.4) is 0 Å². The van der Waals surface area contributed by atoms with Gasteiger partial charge in [-0.15, -0.1) is 10.2 Å². The minimum atomic E-state index is -4.48. The average molecular weight is 574 g/mol. The van der Waals surface area contributed by atoms with Crippen LogP contribution in [0.2, 0.25) is 10.0 Å². The van der Waals surface area contributed by atoms with E-state index < -0.39 is 21.8 Å². The fourth-order valence-corrected chi connectivity index (χ4v) is 4.88. The quantitative estimate of drug-likeness (QED) is 0.156. The zero-order valence-electron chi connectivity index (χ0n) is 20.1. The lowest BCUT2D eigenvalue weighted by molar-refractivity contribution is 0.102. The summed E-state index contributed by atoms with van der Waals surface area (Å²) in [5, 5.41) is 23.5. The fourth-order valence-electron chi connectivity index (χ4n) is 3.76. The Bertz CT molecular complexity index is 1710. The molecule has 0 atom stereocenters. The number of aromatic hydroxyl groups is 1. The molecule has 12 heteroatoms. The van der Waals surface area contributed by atoms with E-state index in [1.807, 2.05) is 0 Å². The molecule has 4 rings (SSSR count). The Morgan fingerprint density at radius 1 is 1.00 bits per heavy atom. The average Bonchev–Trinajstić information content (AvgIpc) is 2.88. The van der Waals surface area contributed by atoms with Crippen LogP contribution in [0.4, 0.5) is 17.1 Å². The lowest BCUT2D eigenvalue weighted by Gasteiger charge is -2.13. The molecule has 0 radical (unpaired) electrons. The molecule has 196 valence electrons. The van der Waals surface area contributed by atoms with Crippen LogP contribution >= 0.6 is 23.2 Å². The first-order chi connectivity index (χ1) is 18.0. The van der Waals surface area contributed by atoms with Crippen LogP contribution in [-0.2, 0) is 16.5 Å². The van der Waals surface area contributed by atoms with Crippen LogP contribution in [-0.4, -0.2) is 31.1 Å². The molecule has 0 saturated carbocycles. The summed E-state index contributed by atoms with van der Waals surface area (Å²) in [6.07, 6.45) is 0.329. The molecule has 38 heavy (non-hydrogen) atoms. The van der Waals surface area contributed by atoms with Gasteiger partial charge in [-0.05, 0) is 47.7 Å². The molecule has 0 bridgehead atoms.